The van der Waals surface area contributed by atoms with E-state index in [-0.39, 0.29) is 19.0 Å². The zero-order chi connectivity index (χ0) is 22.3. The van der Waals surface area contributed by atoms with Crippen molar-refractivity contribution in [2.75, 3.05) is 35.7 Å². The Morgan fingerprint density at radius 1 is 1.22 bits per heavy atom. The molecule has 1 unspecified atom stereocenters. The van der Waals surface area contributed by atoms with Gasteiger partial charge < -0.3 is 15.3 Å². The van der Waals surface area contributed by atoms with Crippen LogP contribution in [0.2, 0.25) is 5.02 Å². The zero-order valence-electron chi connectivity index (χ0n) is 17.5. The van der Waals surface area contributed by atoms with Crippen LogP contribution in [0.3, 0.4) is 0 Å². The molecule has 0 amide bonds. The smallest absolute Gasteiger partial charge is 0.228 e. The number of fused-ring (bicyclic) bond motifs is 1. The summed E-state index contributed by atoms with van der Waals surface area (Å²) >= 11 is 5.84. The van der Waals surface area contributed by atoms with Crippen molar-refractivity contribution in [3.8, 4) is 0 Å². The van der Waals surface area contributed by atoms with Crippen LogP contribution in [-0.4, -0.2) is 60.2 Å². The number of hydrogen-bond acceptors (Lipinski definition) is 8. The highest BCUT2D eigenvalue weighted by molar-refractivity contribution is 7.85. The molecule has 1 fully saturated rings. The van der Waals surface area contributed by atoms with Gasteiger partial charge in [-0.05, 0) is 38.5 Å². The SMILES string of the molecule is O=S1CCCc2nc(N3CCC(c4ncc(Cl)cn4)=C(F)C3)nc(NC3(CO)CCC3)c21. The molecule has 2 aliphatic heterocycles. The van der Waals surface area contributed by atoms with Crippen LogP contribution in [0.15, 0.2) is 23.1 Å². The molecule has 0 bridgehead atoms. The molecule has 0 radical (unpaired) electrons. The predicted molar refractivity (Wildman–Crippen MR) is 121 cm³/mol. The van der Waals surface area contributed by atoms with Crippen molar-refractivity contribution < 1.29 is 13.7 Å². The van der Waals surface area contributed by atoms with Crippen molar-refractivity contribution >= 4 is 39.7 Å². The molecular weight excluding hydrogens is 455 g/mol. The molecule has 4 heterocycles. The summed E-state index contributed by atoms with van der Waals surface area (Å²) in [6, 6.07) is 0. The number of aromatic nitrogens is 4. The van der Waals surface area contributed by atoms with Gasteiger partial charge in [-0.1, -0.05) is 11.6 Å². The van der Waals surface area contributed by atoms with E-state index in [9.17, 15) is 9.32 Å². The maximum atomic E-state index is 15.0. The molecule has 1 aliphatic carbocycles. The Morgan fingerprint density at radius 2 is 2.00 bits per heavy atom. The van der Waals surface area contributed by atoms with Crippen LogP contribution in [0.1, 0.15) is 43.6 Å². The van der Waals surface area contributed by atoms with Crippen LogP contribution in [0.25, 0.3) is 5.57 Å². The summed E-state index contributed by atoms with van der Waals surface area (Å²) in [6.07, 6.45) is 7.49. The van der Waals surface area contributed by atoms with Gasteiger partial charge in [-0.2, -0.15) is 4.98 Å². The first-order valence-electron chi connectivity index (χ1n) is 10.8. The van der Waals surface area contributed by atoms with Crippen LogP contribution in [0.4, 0.5) is 16.2 Å². The van der Waals surface area contributed by atoms with E-state index < -0.39 is 16.3 Å². The standard InChI is InChI=1S/C21H24ClFN6O2S/c22-13-9-24-18(25-10-13)14-4-7-29(11-15(14)23)20-26-16-3-1-8-32(31)17(16)19(27-20)28-21(12-30)5-2-6-21/h9-10,30H,1-8,11-12H2,(H,26,27,28). The summed E-state index contributed by atoms with van der Waals surface area (Å²) < 4.78 is 27.8. The normalized spacial score (nSPS) is 22.3. The average Bonchev–Trinajstić information content (AvgIpc) is 2.77. The second kappa shape index (κ2) is 8.64. The molecule has 2 N–H and O–H groups in total. The second-order valence-corrected chi connectivity index (χ2v) is 10.4. The largest absolute Gasteiger partial charge is 0.394 e. The van der Waals surface area contributed by atoms with Gasteiger partial charge in [-0.15, -0.1) is 0 Å². The minimum atomic E-state index is -1.19. The van der Waals surface area contributed by atoms with Crippen molar-refractivity contribution in [3.63, 3.8) is 0 Å². The van der Waals surface area contributed by atoms with Crippen LogP contribution in [0, 0.1) is 0 Å². The molecule has 2 aromatic heterocycles. The third kappa shape index (κ3) is 3.99. The fraction of sp³-hybridized carbons (Fsp3) is 0.524. The summed E-state index contributed by atoms with van der Waals surface area (Å²) in [5.41, 5.74) is 0.766. The number of aliphatic hydroxyl groups is 1. The summed E-state index contributed by atoms with van der Waals surface area (Å²) in [5.74, 6) is 1.49. The summed E-state index contributed by atoms with van der Waals surface area (Å²) in [6.45, 7) is 0.494. The van der Waals surface area contributed by atoms with Gasteiger partial charge >= 0.3 is 0 Å². The Balaban J connectivity index is 1.47. The molecule has 11 heteroatoms. The number of halogens is 2. The molecule has 0 aromatic carbocycles. The first kappa shape index (κ1) is 21.7. The summed E-state index contributed by atoms with van der Waals surface area (Å²) in [4.78, 5) is 20.0. The van der Waals surface area contributed by atoms with E-state index in [1.165, 1.54) is 12.4 Å². The van der Waals surface area contributed by atoms with Gasteiger partial charge in [-0.25, -0.2) is 19.3 Å². The Morgan fingerprint density at radius 3 is 2.66 bits per heavy atom. The molecule has 2 aromatic rings. The lowest BCUT2D eigenvalue weighted by atomic mass is 9.77. The van der Waals surface area contributed by atoms with E-state index >= 15 is 4.39 Å². The second-order valence-electron chi connectivity index (χ2n) is 8.50. The van der Waals surface area contributed by atoms with E-state index in [0.717, 1.165) is 31.4 Å². The number of aryl methyl sites for hydroxylation is 1. The van der Waals surface area contributed by atoms with E-state index in [0.29, 0.717) is 58.2 Å². The number of nitrogens with one attached hydrogen (secondary N) is 1. The maximum Gasteiger partial charge on any atom is 0.228 e. The lowest BCUT2D eigenvalue weighted by Gasteiger charge is -2.42. The zero-order valence-corrected chi connectivity index (χ0v) is 19.1. The minimum absolute atomic E-state index is 0.00772. The molecule has 1 saturated carbocycles. The number of anilines is 2. The number of rotatable bonds is 5. The summed E-state index contributed by atoms with van der Waals surface area (Å²) in [5, 5.41) is 13.7. The highest BCUT2D eigenvalue weighted by atomic mass is 35.5. The molecule has 1 atom stereocenters. The van der Waals surface area contributed by atoms with Crippen LogP contribution in [-0.2, 0) is 17.2 Å². The van der Waals surface area contributed by atoms with Crippen LogP contribution in [0.5, 0.6) is 0 Å². The van der Waals surface area contributed by atoms with Gasteiger partial charge in [0.2, 0.25) is 5.95 Å². The van der Waals surface area contributed by atoms with Crippen molar-refractivity contribution in [1.82, 2.24) is 19.9 Å². The average molecular weight is 479 g/mol. The van der Waals surface area contributed by atoms with E-state index in [2.05, 4.69) is 25.3 Å². The molecule has 5 rings (SSSR count). The highest BCUT2D eigenvalue weighted by Gasteiger charge is 2.38. The van der Waals surface area contributed by atoms with E-state index in [4.69, 9.17) is 11.6 Å². The van der Waals surface area contributed by atoms with E-state index in [1.807, 2.05) is 0 Å². The van der Waals surface area contributed by atoms with Crippen molar-refractivity contribution in [2.24, 2.45) is 0 Å². The molecule has 0 spiro atoms. The molecule has 3 aliphatic rings. The molecule has 170 valence electrons. The van der Waals surface area contributed by atoms with Crippen molar-refractivity contribution in [1.29, 1.82) is 0 Å². The maximum absolute atomic E-state index is 15.0. The van der Waals surface area contributed by atoms with Gasteiger partial charge in [-0.3, -0.25) is 4.21 Å². The fourth-order valence-electron chi connectivity index (χ4n) is 4.37. The Bertz CT molecular complexity index is 1090. The first-order chi connectivity index (χ1) is 15.5. The predicted octanol–water partition coefficient (Wildman–Crippen LogP) is 2.89. The van der Waals surface area contributed by atoms with Crippen LogP contribution >= 0.6 is 11.6 Å². The molecular formula is C21H24ClFN6O2S. The Kier molecular flexibility index (Phi) is 5.85. The summed E-state index contributed by atoms with van der Waals surface area (Å²) in [7, 11) is -1.19. The lowest BCUT2D eigenvalue weighted by molar-refractivity contribution is 0.143. The van der Waals surface area contributed by atoms with Gasteiger partial charge in [0.15, 0.2) is 5.82 Å². The fourth-order valence-corrected chi connectivity index (χ4v) is 5.80. The van der Waals surface area contributed by atoms with Crippen LogP contribution < -0.4 is 10.2 Å². The third-order valence-corrected chi connectivity index (χ3v) is 8.09. The number of aliphatic hydroxyl groups excluding tert-OH is 1. The van der Waals surface area contributed by atoms with Crippen molar-refractivity contribution in [2.45, 2.75) is 49.0 Å². The lowest BCUT2D eigenvalue weighted by Crippen LogP contribution is -2.49. The molecule has 0 saturated heterocycles. The third-order valence-electron chi connectivity index (χ3n) is 6.35. The highest BCUT2D eigenvalue weighted by Crippen LogP contribution is 2.38. The van der Waals surface area contributed by atoms with Gasteiger partial charge in [0.1, 0.15) is 16.5 Å². The monoisotopic (exact) mass is 478 g/mol. The van der Waals surface area contributed by atoms with Gasteiger partial charge in [0.25, 0.3) is 0 Å². The topological polar surface area (TPSA) is 104 Å². The quantitative estimate of drug-likeness (QED) is 0.676. The number of nitrogens with zero attached hydrogens (tertiary/aromatic N) is 5. The number of hydrogen-bond donors (Lipinski definition) is 2. The molecule has 32 heavy (non-hydrogen) atoms. The van der Waals surface area contributed by atoms with Crippen molar-refractivity contribution in [3.05, 3.63) is 34.8 Å². The Labute approximate surface area is 192 Å². The van der Waals surface area contributed by atoms with E-state index in [1.54, 1.807) is 4.90 Å². The van der Waals surface area contributed by atoms with Gasteiger partial charge in [0.05, 0.1) is 40.2 Å². The minimum Gasteiger partial charge on any atom is -0.394 e. The Hall–Kier alpha value is -2.17. The molecule has 8 nitrogen and oxygen atoms in total. The van der Waals surface area contributed by atoms with Gasteiger partial charge in [0, 0.05) is 30.3 Å². The first-order valence-corrected chi connectivity index (χ1v) is 12.5.